The predicted octanol–water partition coefficient (Wildman–Crippen LogP) is 2.46. The van der Waals surface area contributed by atoms with Crippen LogP contribution in [0, 0.1) is 22.7 Å². The lowest BCUT2D eigenvalue weighted by molar-refractivity contribution is -0.137. The summed E-state index contributed by atoms with van der Waals surface area (Å²) in [5.74, 6) is 0. The highest BCUT2D eigenvalue weighted by molar-refractivity contribution is 5.82. The largest absolute Gasteiger partial charge is 0.417 e. The Labute approximate surface area is 94.7 Å². The van der Waals surface area contributed by atoms with Gasteiger partial charge in [0.1, 0.15) is 6.07 Å². The monoisotopic (exact) mass is 238 g/mol. The number of hydrogen-bond donors (Lipinski definition) is 0. The molecule has 0 heterocycles. The van der Waals surface area contributed by atoms with E-state index < -0.39 is 22.9 Å². The number of benzene rings is 1. The van der Waals surface area contributed by atoms with Crippen molar-refractivity contribution in [2.45, 2.75) is 12.6 Å². The topological polar surface area (TPSA) is 64.7 Å². The molecule has 3 nitrogen and oxygen atoms in total. The van der Waals surface area contributed by atoms with Gasteiger partial charge in [0.25, 0.3) is 0 Å². The maximum atomic E-state index is 12.5. The fourth-order valence-electron chi connectivity index (χ4n) is 1.40. The quantitative estimate of drug-likeness (QED) is 0.743. The third kappa shape index (κ3) is 2.43. The third-order valence-corrected chi connectivity index (χ3v) is 2.14. The number of alkyl halides is 3. The van der Waals surface area contributed by atoms with E-state index in [2.05, 4.69) is 0 Å². The van der Waals surface area contributed by atoms with Crippen LogP contribution in [0.15, 0.2) is 12.1 Å². The van der Waals surface area contributed by atoms with Gasteiger partial charge < -0.3 is 0 Å². The van der Waals surface area contributed by atoms with Gasteiger partial charge in [-0.25, -0.2) is 0 Å². The molecule has 17 heavy (non-hydrogen) atoms. The van der Waals surface area contributed by atoms with Crippen LogP contribution in [0.25, 0.3) is 0 Å². The molecular formula is C11H5F3N2O. The highest BCUT2D eigenvalue weighted by Gasteiger charge is 2.34. The second-order valence-corrected chi connectivity index (χ2v) is 3.12. The molecule has 6 heteroatoms. The van der Waals surface area contributed by atoms with Crippen molar-refractivity contribution in [2.75, 3.05) is 0 Å². The van der Waals surface area contributed by atoms with E-state index >= 15 is 0 Å². The average Bonchev–Trinajstić information content (AvgIpc) is 2.27. The van der Waals surface area contributed by atoms with Gasteiger partial charge in [0, 0.05) is 5.56 Å². The molecule has 0 atom stereocenters. The molecule has 0 spiro atoms. The van der Waals surface area contributed by atoms with Crippen LogP contribution in [0.1, 0.15) is 27.0 Å². The van der Waals surface area contributed by atoms with Crippen LogP contribution in [0.4, 0.5) is 13.2 Å². The number of carbonyl (C=O) groups excluding carboxylic acids is 1. The standard InChI is InChI=1S/C11H5F3N2O/c12-11(13,14)10-2-1-7(3-4-15)8(5-16)9(10)6-17/h1-2,6H,3H2. The van der Waals surface area contributed by atoms with E-state index in [0.29, 0.717) is 6.07 Å². The molecule has 0 saturated heterocycles. The summed E-state index contributed by atoms with van der Waals surface area (Å²) in [5.41, 5.74) is -2.15. The summed E-state index contributed by atoms with van der Waals surface area (Å²) in [5, 5.41) is 17.2. The van der Waals surface area contributed by atoms with Crippen LogP contribution in [-0.4, -0.2) is 6.29 Å². The number of nitriles is 2. The van der Waals surface area contributed by atoms with Crippen LogP contribution in [0.3, 0.4) is 0 Å². The van der Waals surface area contributed by atoms with Gasteiger partial charge in [-0.15, -0.1) is 0 Å². The fraction of sp³-hybridized carbons (Fsp3) is 0.182. The van der Waals surface area contributed by atoms with Crippen molar-refractivity contribution < 1.29 is 18.0 Å². The van der Waals surface area contributed by atoms with E-state index in [1.807, 2.05) is 0 Å². The molecule has 0 radical (unpaired) electrons. The first-order chi connectivity index (χ1) is 7.95. The Hall–Kier alpha value is -2.34. The van der Waals surface area contributed by atoms with Gasteiger partial charge in [-0.3, -0.25) is 4.79 Å². The van der Waals surface area contributed by atoms with E-state index in [4.69, 9.17) is 10.5 Å². The second kappa shape index (κ2) is 4.67. The maximum Gasteiger partial charge on any atom is 0.417 e. The zero-order chi connectivity index (χ0) is 13.1. The minimum absolute atomic E-state index is 0.0117. The van der Waals surface area contributed by atoms with Crippen molar-refractivity contribution in [1.29, 1.82) is 10.5 Å². The lowest BCUT2D eigenvalue weighted by Gasteiger charge is -2.12. The first kappa shape index (κ1) is 12.7. The zero-order valence-corrected chi connectivity index (χ0v) is 8.38. The molecule has 0 aliphatic heterocycles. The Morgan fingerprint density at radius 2 is 1.94 bits per heavy atom. The lowest BCUT2D eigenvalue weighted by Crippen LogP contribution is -2.11. The molecule has 86 valence electrons. The maximum absolute atomic E-state index is 12.5. The highest BCUT2D eigenvalue weighted by atomic mass is 19.4. The molecule has 0 unspecified atom stereocenters. The first-order valence-electron chi connectivity index (χ1n) is 4.41. The average molecular weight is 238 g/mol. The van der Waals surface area contributed by atoms with Crippen LogP contribution in [-0.2, 0) is 12.6 Å². The highest BCUT2D eigenvalue weighted by Crippen LogP contribution is 2.33. The van der Waals surface area contributed by atoms with Crippen LogP contribution in [0.5, 0.6) is 0 Å². The van der Waals surface area contributed by atoms with Gasteiger partial charge in [-0.2, -0.15) is 23.7 Å². The third-order valence-electron chi connectivity index (χ3n) is 2.14. The smallest absolute Gasteiger partial charge is 0.298 e. The van der Waals surface area contributed by atoms with Crippen molar-refractivity contribution in [1.82, 2.24) is 0 Å². The first-order valence-corrected chi connectivity index (χ1v) is 4.41. The predicted molar refractivity (Wildman–Crippen MR) is 50.9 cm³/mol. The number of carbonyl (C=O) groups is 1. The summed E-state index contributed by atoms with van der Waals surface area (Å²) in [6, 6.07) is 4.99. The molecule has 0 bridgehead atoms. The molecule has 0 aliphatic carbocycles. The SMILES string of the molecule is N#CCc1ccc(C(F)(F)F)c(C=O)c1C#N. The van der Waals surface area contributed by atoms with Crippen LogP contribution in [0.2, 0.25) is 0 Å². The zero-order valence-electron chi connectivity index (χ0n) is 8.38. The minimum atomic E-state index is -4.70. The van der Waals surface area contributed by atoms with E-state index in [-0.39, 0.29) is 18.3 Å². The molecule has 0 fully saturated rings. The van der Waals surface area contributed by atoms with E-state index in [1.54, 1.807) is 6.07 Å². The van der Waals surface area contributed by atoms with Gasteiger partial charge in [-0.05, 0) is 11.6 Å². The Balaban J connectivity index is 3.57. The lowest BCUT2D eigenvalue weighted by atomic mass is 9.95. The van der Waals surface area contributed by atoms with E-state index in [0.717, 1.165) is 6.07 Å². The minimum Gasteiger partial charge on any atom is -0.298 e. The van der Waals surface area contributed by atoms with Gasteiger partial charge >= 0.3 is 6.18 Å². The molecule has 0 aliphatic rings. The van der Waals surface area contributed by atoms with Crippen LogP contribution >= 0.6 is 0 Å². The normalized spacial score (nSPS) is 10.4. The number of hydrogen-bond acceptors (Lipinski definition) is 3. The van der Waals surface area contributed by atoms with E-state index in [1.165, 1.54) is 6.07 Å². The summed E-state index contributed by atoms with van der Waals surface area (Å²) in [4.78, 5) is 10.7. The molecule has 0 aromatic heterocycles. The van der Waals surface area contributed by atoms with Gasteiger partial charge in [0.05, 0.1) is 23.6 Å². The number of halogens is 3. The van der Waals surface area contributed by atoms with Crippen molar-refractivity contribution in [3.05, 3.63) is 34.4 Å². The number of nitrogens with zero attached hydrogens (tertiary/aromatic N) is 2. The summed E-state index contributed by atoms with van der Waals surface area (Å²) in [6.07, 6.45) is -4.93. The van der Waals surface area contributed by atoms with Crippen molar-refractivity contribution >= 4 is 6.29 Å². The Morgan fingerprint density at radius 1 is 1.29 bits per heavy atom. The summed E-state index contributed by atoms with van der Waals surface area (Å²) >= 11 is 0. The Morgan fingerprint density at radius 3 is 2.35 bits per heavy atom. The van der Waals surface area contributed by atoms with Gasteiger partial charge in [-0.1, -0.05) is 6.07 Å². The summed E-state index contributed by atoms with van der Waals surface area (Å²) in [7, 11) is 0. The summed E-state index contributed by atoms with van der Waals surface area (Å²) < 4.78 is 37.6. The molecule has 1 rings (SSSR count). The van der Waals surface area contributed by atoms with Gasteiger partial charge in [0.2, 0.25) is 0 Å². The summed E-state index contributed by atoms with van der Waals surface area (Å²) in [6.45, 7) is 0. The second-order valence-electron chi connectivity index (χ2n) is 3.12. The molecule has 0 N–H and O–H groups in total. The van der Waals surface area contributed by atoms with Crippen molar-refractivity contribution in [3.8, 4) is 12.1 Å². The molecular weight excluding hydrogens is 233 g/mol. The van der Waals surface area contributed by atoms with E-state index in [9.17, 15) is 18.0 Å². The van der Waals surface area contributed by atoms with Crippen molar-refractivity contribution in [3.63, 3.8) is 0 Å². The van der Waals surface area contributed by atoms with Gasteiger partial charge in [0.15, 0.2) is 6.29 Å². The Kier molecular flexibility index (Phi) is 3.49. The molecule has 1 aromatic rings. The molecule has 0 amide bonds. The van der Waals surface area contributed by atoms with Crippen molar-refractivity contribution in [2.24, 2.45) is 0 Å². The fourth-order valence-corrected chi connectivity index (χ4v) is 1.40. The Bertz CT molecular complexity index is 535. The van der Waals surface area contributed by atoms with Crippen LogP contribution < -0.4 is 0 Å². The molecule has 0 saturated carbocycles. The number of rotatable bonds is 2. The number of aldehydes is 1. The molecule has 1 aromatic carbocycles.